The van der Waals surface area contributed by atoms with Crippen molar-refractivity contribution in [2.75, 3.05) is 13.2 Å². The molecule has 0 saturated carbocycles. The molecular weight excluding hydrogens is 142 g/mol. The highest BCUT2D eigenvalue weighted by atomic mass is 16.6. The summed E-state index contributed by atoms with van der Waals surface area (Å²) >= 11 is 0. The maximum Gasteiger partial charge on any atom is 0.0759 e. The summed E-state index contributed by atoms with van der Waals surface area (Å²) in [5.74, 6) is 4.98. The molecule has 1 unspecified atom stereocenters. The second-order valence-electron chi connectivity index (χ2n) is 4.28. The van der Waals surface area contributed by atoms with Gasteiger partial charge in [-0.2, -0.15) is 0 Å². The Morgan fingerprint density at radius 1 is 1.27 bits per heavy atom. The Hall–Kier alpha value is -0.120. The molecule has 0 fully saturated rings. The van der Waals surface area contributed by atoms with Crippen LogP contribution in [0.5, 0.6) is 0 Å². The van der Waals surface area contributed by atoms with Crippen LogP contribution in [-0.4, -0.2) is 18.3 Å². The van der Waals surface area contributed by atoms with Crippen LogP contribution in [0, 0.1) is 10.8 Å². The lowest BCUT2D eigenvalue weighted by Crippen LogP contribution is -2.41. The Kier molecular flexibility index (Phi) is 3.48. The summed E-state index contributed by atoms with van der Waals surface area (Å²) in [7, 11) is 0. The third-order valence-electron chi connectivity index (χ3n) is 2.56. The zero-order valence-electron chi connectivity index (χ0n) is 7.85. The summed E-state index contributed by atoms with van der Waals surface area (Å²) in [4.78, 5) is 4.56. The van der Waals surface area contributed by atoms with E-state index in [1.807, 2.05) is 6.92 Å². The van der Waals surface area contributed by atoms with Crippen molar-refractivity contribution in [3.05, 3.63) is 0 Å². The molecular formula is C8H19NO2. The first-order chi connectivity index (χ1) is 4.87. The van der Waals surface area contributed by atoms with Crippen LogP contribution in [0.25, 0.3) is 0 Å². The van der Waals surface area contributed by atoms with E-state index in [9.17, 15) is 0 Å². The van der Waals surface area contributed by atoms with Gasteiger partial charge in [-0.15, -0.1) is 0 Å². The van der Waals surface area contributed by atoms with Gasteiger partial charge in [0, 0.05) is 5.41 Å². The maximum atomic E-state index is 9.12. The first-order valence-corrected chi connectivity index (χ1v) is 3.80. The normalized spacial score (nSPS) is 18.0. The highest BCUT2D eigenvalue weighted by Gasteiger charge is 2.37. The number of aliphatic hydroxyl groups excluding tert-OH is 1. The van der Waals surface area contributed by atoms with E-state index >= 15 is 0 Å². The Labute approximate surface area is 68.5 Å². The van der Waals surface area contributed by atoms with E-state index < -0.39 is 0 Å². The smallest absolute Gasteiger partial charge is 0.0759 e. The van der Waals surface area contributed by atoms with Gasteiger partial charge >= 0.3 is 0 Å². The fourth-order valence-electron chi connectivity index (χ4n) is 0.683. The number of hydrogen-bond acceptors (Lipinski definition) is 3. The first kappa shape index (κ1) is 10.9. The standard InChI is InChI=1S/C8H19NO2/c1-7(2,3)8(4,5-10)6-11-9/h10H,5-6,9H2,1-4H3. The largest absolute Gasteiger partial charge is 0.396 e. The second kappa shape index (κ2) is 3.52. The summed E-state index contributed by atoms with van der Waals surface area (Å²) in [6, 6.07) is 0. The minimum atomic E-state index is -0.262. The average molecular weight is 161 g/mol. The molecule has 0 rings (SSSR count). The Balaban J connectivity index is 4.33. The molecule has 3 heteroatoms. The number of hydrogen-bond donors (Lipinski definition) is 2. The summed E-state index contributed by atoms with van der Waals surface area (Å²) in [5.41, 5.74) is -0.261. The number of aliphatic hydroxyl groups is 1. The van der Waals surface area contributed by atoms with Gasteiger partial charge in [0.1, 0.15) is 0 Å². The van der Waals surface area contributed by atoms with Gasteiger partial charge in [0.05, 0.1) is 13.2 Å². The molecule has 11 heavy (non-hydrogen) atoms. The molecule has 3 N–H and O–H groups in total. The monoisotopic (exact) mass is 161 g/mol. The van der Waals surface area contributed by atoms with Crippen LogP contribution >= 0.6 is 0 Å². The molecule has 0 spiro atoms. The Morgan fingerprint density at radius 3 is 1.82 bits per heavy atom. The van der Waals surface area contributed by atoms with E-state index in [0.29, 0.717) is 6.61 Å². The third kappa shape index (κ3) is 2.43. The van der Waals surface area contributed by atoms with Crippen molar-refractivity contribution in [2.24, 2.45) is 16.7 Å². The van der Waals surface area contributed by atoms with Crippen LogP contribution < -0.4 is 5.90 Å². The lowest BCUT2D eigenvalue weighted by molar-refractivity contribution is -0.0491. The molecule has 1 atom stereocenters. The third-order valence-corrected chi connectivity index (χ3v) is 2.56. The summed E-state index contributed by atoms with van der Waals surface area (Å²) in [6.07, 6.45) is 0. The molecule has 0 aromatic rings. The van der Waals surface area contributed by atoms with Crippen molar-refractivity contribution in [2.45, 2.75) is 27.7 Å². The molecule has 3 nitrogen and oxygen atoms in total. The van der Waals surface area contributed by atoms with Crippen LogP contribution in [0.1, 0.15) is 27.7 Å². The van der Waals surface area contributed by atoms with Crippen LogP contribution in [0.4, 0.5) is 0 Å². The van der Waals surface area contributed by atoms with E-state index in [1.54, 1.807) is 0 Å². The van der Waals surface area contributed by atoms with Crippen LogP contribution in [0.2, 0.25) is 0 Å². The molecule has 0 aromatic heterocycles. The quantitative estimate of drug-likeness (QED) is 0.605. The van der Waals surface area contributed by atoms with Gasteiger partial charge in [-0.3, -0.25) is 0 Å². The lowest BCUT2D eigenvalue weighted by Gasteiger charge is -2.39. The molecule has 0 heterocycles. The molecule has 0 saturated heterocycles. The molecule has 0 bridgehead atoms. The predicted octanol–water partition coefficient (Wildman–Crippen LogP) is 0.921. The SMILES string of the molecule is CC(C)(C)C(C)(CO)CON. The van der Waals surface area contributed by atoms with E-state index in [1.165, 1.54) is 0 Å². The molecule has 0 aliphatic carbocycles. The van der Waals surface area contributed by atoms with E-state index in [4.69, 9.17) is 11.0 Å². The maximum absolute atomic E-state index is 9.12. The zero-order valence-corrected chi connectivity index (χ0v) is 7.85. The average Bonchev–Trinajstić information content (AvgIpc) is 1.86. The second-order valence-corrected chi connectivity index (χ2v) is 4.28. The van der Waals surface area contributed by atoms with E-state index in [-0.39, 0.29) is 17.4 Å². The van der Waals surface area contributed by atoms with Crippen LogP contribution in [-0.2, 0) is 4.84 Å². The molecule has 0 aliphatic rings. The Bertz CT molecular complexity index is 120. The van der Waals surface area contributed by atoms with Gasteiger partial charge in [-0.05, 0) is 5.41 Å². The molecule has 0 amide bonds. The topological polar surface area (TPSA) is 55.5 Å². The molecule has 0 radical (unpaired) electrons. The van der Waals surface area contributed by atoms with Crippen LogP contribution in [0.3, 0.4) is 0 Å². The highest BCUT2D eigenvalue weighted by molar-refractivity contribution is 4.85. The van der Waals surface area contributed by atoms with Gasteiger partial charge in [0.15, 0.2) is 0 Å². The van der Waals surface area contributed by atoms with Gasteiger partial charge in [-0.25, -0.2) is 5.90 Å². The highest BCUT2D eigenvalue weighted by Crippen LogP contribution is 2.37. The van der Waals surface area contributed by atoms with Crippen molar-refractivity contribution in [1.29, 1.82) is 0 Å². The number of nitrogens with two attached hydrogens (primary N) is 1. The minimum Gasteiger partial charge on any atom is -0.396 e. The van der Waals surface area contributed by atoms with Crippen molar-refractivity contribution < 1.29 is 9.94 Å². The molecule has 0 aliphatic heterocycles. The van der Waals surface area contributed by atoms with Crippen molar-refractivity contribution in [1.82, 2.24) is 0 Å². The zero-order chi connectivity index (χ0) is 9.12. The van der Waals surface area contributed by atoms with Gasteiger partial charge < -0.3 is 9.94 Å². The summed E-state index contributed by atoms with van der Waals surface area (Å²) < 4.78 is 0. The molecule has 0 aromatic carbocycles. The van der Waals surface area contributed by atoms with Gasteiger partial charge in [0.25, 0.3) is 0 Å². The fourth-order valence-corrected chi connectivity index (χ4v) is 0.683. The summed E-state index contributed by atoms with van der Waals surface area (Å²) in [5, 5.41) is 9.12. The van der Waals surface area contributed by atoms with Gasteiger partial charge in [0.2, 0.25) is 0 Å². The lowest BCUT2D eigenvalue weighted by atomic mass is 9.69. The van der Waals surface area contributed by atoms with E-state index in [2.05, 4.69) is 25.6 Å². The Morgan fingerprint density at radius 2 is 1.73 bits per heavy atom. The van der Waals surface area contributed by atoms with Gasteiger partial charge in [-0.1, -0.05) is 27.7 Å². The first-order valence-electron chi connectivity index (χ1n) is 3.80. The van der Waals surface area contributed by atoms with Crippen molar-refractivity contribution in [3.8, 4) is 0 Å². The van der Waals surface area contributed by atoms with Crippen molar-refractivity contribution in [3.63, 3.8) is 0 Å². The fraction of sp³-hybridized carbons (Fsp3) is 1.00. The van der Waals surface area contributed by atoms with Crippen molar-refractivity contribution >= 4 is 0 Å². The van der Waals surface area contributed by atoms with Crippen LogP contribution in [0.15, 0.2) is 0 Å². The minimum absolute atomic E-state index is 0.00111. The van der Waals surface area contributed by atoms with E-state index in [0.717, 1.165) is 0 Å². The predicted molar refractivity (Wildman–Crippen MR) is 44.8 cm³/mol. The summed E-state index contributed by atoms with van der Waals surface area (Å²) in [6.45, 7) is 8.60. The molecule has 68 valence electrons. The number of rotatable bonds is 3.